The average Bonchev–Trinajstić information content (AvgIpc) is 2.47. The molecule has 2 aromatic rings. The molecule has 1 atom stereocenters. The first-order chi connectivity index (χ1) is 10.4. The Labute approximate surface area is 134 Å². The zero-order valence-electron chi connectivity index (χ0n) is 13.9. The van der Waals surface area contributed by atoms with Crippen LogP contribution in [-0.4, -0.2) is 5.11 Å². The molecule has 2 aromatic carbocycles. The highest BCUT2D eigenvalue weighted by Crippen LogP contribution is 2.38. The van der Waals surface area contributed by atoms with Gasteiger partial charge in [0.1, 0.15) is 0 Å². The molecule has 0 heterocycles. The Hall–Kier alpha value is -1.60. The fourth-order valence-electron chi connectivity index (χ4n) is 3.54. The Kier molecular flexibility index (Phi) is 3.86. The van der Waals surface area contributed by atoms with Gasteiger partial charge in [0.25, 0.3) is 0 Å². The van der Waals surface area contributed by atoms with E-state index in [2.05, 4.69) is 63.2 Å². The molecule has 0 aromatic heterocycles. The SMILES string of the molecule is CC(C)(C)c1ccc(CC2(O)CCCc3ccccc32)cc1. The average molecular weight is 294 g/mol. The Morgan fingerprint density at radius 1 is 1.00 bits per heavy atom. The predicted octanol–water partition coefficient (Wildman–Crippen LogP) is 4.75. The van der Waals surface area contributed by atoms with E-state index in [0.29, 0.717) is 6.42 Å². The molecule has 22 heavy (non-hydrogen) atoms. The van der Waals surface area contributed by atoms with Crippen LogP contribution in [0.3, 0.4) is 0 Å². The summed E-state index contributed by atoms with van der Waals surface area (Å²) in [6.45, 7) is 6.69. The van der Waals surface area contributed by atoms with Gasteiger partial charge in [-0.2, -0.15) is 0 Å². The zero-order valence-corrected chi connectivity index (χ0v) is 13.9. The summed E-state index contributed by atoms with van der Waals surface area (Å²) in [5, 5.41) is 11.2. The zero-order chi connectivity index (χ0) is 15.8. The summed E-state index contributed by atoms with van der Waals surface area (Å²) >= 11 is 0. The lowest BCUT2D eigenvalue weighted by Gasteiger charge is -2.35. The molecule has 1 aliphatic rings. The lowest BCUT2D eigenvalue weighted by Crippen LogP contribution is -2.33. The number of hydrogen-bond acceptors (Lipinski definition) is 1. The molecule has 1 N–H and O–H groups in total. The second kappa shape index (κ2) is 5.55. The number of benzene rings is 2. The highest BCUT2D eigenvalue weighted by molar-refractivity contribution is 5.37. The highest BCUT2D eigenvalue weighted by Gasteiger charge is 2.34. The van der Waals surface area contributed by atoms with Gasteiger partial charge >= 0.3 is 0 Å². The van der Waals surface area contributed by atoms with Crippen molar-refractivity contribution in [2.45, 2.75) is 57.5 Å². The van der Waals surface area contributed by atoms with Gasteiger partial charge in [-0.3, -0.25) is 0 Å². The Bertz CT molecular complexity index is 648. The van der Waals surface area contributed by atoms with Crippen LogP contribution in [0.2, 0.25) is 0 Å². The summed E-state index contributed by atoms with van der Waals surface area (Å²) in [6.07, 6.45) is 3.70. The van der Waals surface area contributed by atoms with Crippen molar-refractivity contribution >= 4 is 0 Å². The molecule has 0 saturated heterocycles. The lowest BCUT2D eigenvalue weighted by atomic mass is 9.75. The summed E-state index contributed by atoms with van der Waals surface area (Å²) < 4.78 is 0. The van der Waals surface area contributed by atoms with Gasteiger partial charge in [-0.15, -0.1) is 0 Å². The van der Waals surface area contributed by atoms with Gasteiger partial charge in [0, 0.05) is 6.42 Å². The molecule has 0 bridgehead atoms. The predicted molar refractivity (Wildman–Crippen MR) is 92.1 cm³/mol. The van der Waals surface area contributed by atoms with Crippen LogP contribution in [0.4, 0.5) is 0 Å². The topological polar surface area (TPSA) is 20.2 Å². The van der Waals surface area contributed by atoms with Gasteiger partial charge in [0.2, 0.25) is 0 Å². The van der Waals surface area contributed by atoms with Crippen LogP contribution in [0.1, 0.15) is 55.9 Å². The molecule has 0 spiro atoms. The summed E-state index contributed by atoms with van der Waals surface area (Å²) in [5.74, 6) is 0. The van der Waals surface area contributed by atoms with Gasteiger partial charge in [0.15, 0.2) is 0 Å². The number of rotatable bonds is 2. The molecule has 1 aliphatic carbocycles. The molecular formula is C21H26O. The maximum absolute atomic E-state index is 11.2. The van der Waals surface area contributed by atoms with Crippen LogP contribution in [-0.2, 0) is 23.9 Å². The third-order valence-electron chi connectivity index (χ3n) is 4.87. The minimum absolute atomic E-state index is 0.173. The number of aryl methyl sites for hydroxylation is 1. The van der Waals surface area contributed by atoms with E-state index in [0.717, 1.165) is 24.8 Å². The summed E-state index contributed by atoms with van der Waals surface area (Å²) in [6, 6.07) is 17.1. The third kappa shape index (κ3) is 2.96. The van der Waals surface area contributed by atoms with Crippen molar-refractivity contribution in [2.75, 3.05) is 0 Å². The van der Waals surface area contributed by atoms with Crippen molar-refractivity contribution in [3.8, 4) is 0 Å². The van der Waals surface area contributed by atoms with Gasteiger partial charge < -0.3 is 5.11 Å². The standard InChI is InChI=1S/C21H26O/c1-20(2,3)18-12-10-16(11-13-18)15-21(22)14-6-8-17-7-4-5-9-19(17)21/h4-5,7,9-13,22H,6,8,14-15H2,1-3H3. The number of fused-ring (bicyclic) bond motifs is 1. The second-order valence-corrected chi connectivity index (χ2v) is 7.67. The van der Waals surface area contributed by atoms with Crippen molar-refractivity contribution in [3.05, 3.63) is 70.8 Å². The van der Waals surface area contributed by atoms with Crippen molar-refractivity contribution in [1.82, 2.24) is 0 Å². The minimum atomic E-state index is -0.710. The first-order valence-electron chi connectivity index (χ1n) is 8.29. The molecule has 0 fully saturated rings. The number of hydrogen-bond donors (Lipinski definition) is 1. The molecule has 116 valence electrons. The Morgan fingerprint density at radius 2 is 1.68 bits per heavy atom. The van der Waals surface area contributed by atoms with Crippen LogP contribution >= 0.6 is 0 Å². The van der Waals surface area contributed by atoms with Crippen molar-refractivity contribution in [1.29, 1.82) is 0 Å². The van der Waals surface area contributed by atoms with Crippen molar-refractivity contribution in [2.24, 2.45) is 0 Å². The van der Waals surface area contributed by atoms with Crippen LogP contribution in [0.25, 0.3) is 0 Å². The summed E-state index contributed by atoms with van der Waals surface area (Å²) in [7, 11) is 0. The Balaban J connectivity index is 1.87. The minimum Gasteiger partial charge on any atom is -0.385 e. The van der Waals surface area contributed by atoms with Crippen LogP contribution in [0.15, 0.2) is 48.5 Å². The Morgan fingerprint density at radius 3 is 2.36 bits per heavy atom. The van der Waals surface area contributed by atoms with E-state index in [1.807, 2.05) is 6.07 Å². The van der Waals surface area contributed by atoms with E-state index in [1.54, 1.807) is 0 Å². The van der Waals surface area contributed by atoms with Crippen LogP contribution < -0.4 is 0 Å². The molecule has 0 aliphatic heterocycles. The second-order valence-electron chi connectivity index (χ2n) is 7.67. The van der Waals surface area contributed by atoms with E-state index in [9.17, 15) is 5.11 Å². The summed E-state index contributed by atoms with van der Waals surface area (Å²) in [4.78, 5) is 0. The van der Waals surface area contributed by atoms with Gasteiger partial charge in [0.05, 0.1) is 5.60 Å². The quantitative estimate of drug-likeness (QED) is 0.847. The highest BCUT2D eigenvalue weighted by atomic mass is 16.3. The largest absolute Gasteiger partial charge is 0.385 e. The third-order valence-corrected chi connectivity index (χ3v) is 4.87. The van der Waals surface area contributed by atoms with Gasteiger partial charge in [-0.05, 0) is 46.9 Å². The fourth-order valence-corrected chi connectivity index (χ4v) is 3.54. The van der Waals surface area contributed by atoms with Gasteiger partial charge in [-0.1, -0.05) is 69.3 Å². The van der Waals surface area contributed by atoms with Crippen LogP contribution in [0.5, 0.6) is 0 Å². The molecule has 1 heteroatoms. The summed E-state index contributed by atoms with van der Waals surface area (Å²) in [5.41, 5.74) is 4.45. The first kappa shape index (κ1) is 15.3. The van der Waals surface area contributed by atoms with E-state index in [4.69, 9.17) is 0 Å². The maximum atomic E-state index is 11.2. The fraction of sp³-hybridized carbons (Fsp3) is 0.429. The van der Waals surface area contributed by atoms with E-state index >= 15 is 0 Å². The number of aliphatic hydroxyl groups is 1. The molecule has 0 radical (unpaired) electrons. The molecule has 0 saturated carbocycles. The smallest absolute Gasteiger partial charge is 0.0939 e. The molecule has 0 amide bonds. The molecular weight excluding hydrogens is 268 g/mol. The lowest BCUT2D eigenvalue weighted by molar-refractivity contribution is 0.0190. The monoisotopic (exact) mass is 294 g/mol. The van der Waals surface area contributed by atoms with Crippen molar-refractivity contribution in [3.63, 3.8) is 0 Å². The molecule has 1 nitrogen and oxygen atoms in total. The van der Waals surface area contributed by atoms with E-state index in [-0.39, 0.29) is 5.41 Å². The van der Waals surface area contributed by atoms with Gasteiger partial charge in [-0.25, -0.2) is 0 Å². The molecule has 1 unspecified atom stereocenters. The van der Waals surface area contributed by atoms with Crippen molar-refractivity contribution < 1.29 is 5.11 Å². The van der Waals surface area contributed by atoms with E-state index < -0.39 is 5.60 Å². The molecule has 3 rings (SSSR count). The first-order valence-corrected chi connectivity index (χ1v) is 8.29. The van der Waals surface area contributed by atoms with E-state index in [1.165, 1.54) is 16.7 Å². The van der Waals surface area contributed by atoms with Crippen LogP contribution in [0, 0.1) is 0 Å². The maximum Gasteiger partial charge on any atom is 0.0939 e. The normalized spacial score (nSPS) is 21.5.